The molecule has 12 heavy (non-hydrogen) atoms. The van der Waals surface area contributed by atoms with Crippen LogP contribution < -0.4 is 0 Å². The van der Waals surface area contributed by atoms with E-state index < -0.39 is 0 Å². The van der Waals surface area contributed by atoms with Crippen LogP contribution in [0.4, 0.5) is 0 Å². The van der Waals surface area contributed by atoms with Gasteiger partial charge in [0.05, 0.1) is 12.2 Å². The Hall–Kier alpha value is -0.0400. The zero-order chi connectivity index (χ0) is 9.56. The Labute approximate surface area is 77.5 Å². The molecule has 1 heteroatoms. The molecule has 0 saturated heterocycles. The van der Waals surface area contributed by atoms with Crippen molar-refractivity contribution in [1.82, 2.24) is 0 Å². The first-order chi connectivity index (χ1) is 5.60. The van der Waals surface area contributed by atoms with E-state index >= 15 is 0 Å². The zero-order valence-electron chi connectivity index (χ0n) is 9.26. The lowest BCUT2D eigenvalue weighted by Gasteiger charge is -2.20. The van der Waals surface area contributed by atoms with Crippen molar-refractivity contribution in [2.24, 2.45) is 5.92 Å². The van der Waals surface area contributed by atoms with Crippen molar-refractivity contribution >= 4 is 0 Å². The van der Waals surface area contributed by atoms with E-state index in [-0.39, 0.29) is 0 Å². The first kappa shape index (κ1) is 12.0. The standard InChI is InChI=1S/C11H24O/c1-6-9(3)8-11(5)12-10(4)7-2/h9-11H,6-8H2,1-5H3. The maximum absolute atomic E-state index is 5.77. The summed E-state index contributed by atoms with van der Waals surface area (Å²) in [6, 6.07) is 0. The van der Waals surface area contributed by atoms with Gasteiger partial charge in [-0.2, -0.15) is 0 Å². The van der Waals surface area contributed by atoms with Crippen molar-refractivity contribution in [2.45, 2.75) is 66.1 Å². The van der Waals surface area contributed by atoms with Crippen molar-refractivity contribution in [1.29, 1.82) is 0 Å². The van der Waals surface area contributed by atoms with Crippen LogP contribution in [0.2, 0.25) is 0 Å². The third kappa shape index (κ3) is 5.59. The number of rotatable bonds is 6. The van der Waals surface area contributed by atoms with E-state index in [0.717, 1.165) is 12.3 Å². The molecule has 0 aliphatic heterocycles. The minimum absolute atomic E-state index is 0.420. The molecular formula is C11H24O. The fraction of sp³-hybridized carbons (Fsp3) is 1.00. The second-order valence-electron chi connectivity index (χ2n) is 3.91. The van der Waals surface area contributed by atoms with Crippen molar-refractivity contribution in [3.05, 3.63) is 0 Å². The van der Waals surface area contributed by atoms with Gasteiger partial charge in [-0.05, 0) is 32.6 Å². The zero-order valence-corrected chi connectivity index (χ0v) is 9.26. The molecule has 0 aliphatic carbocycles. The normalized spacial score (nSPS) is 18.8. The molecule has 1 nitrogen and oxygen atoms in total. The predicted molar refractivity (Wildman–Crippen MR) is 54.4 cm³/mol. The molecule has 0 amide bonds. The lowest BCUT2D eigenvalue weighted by molar-refractivity contribution is -0.00471. The van der Waals surface area contributed by atoms with Gasteiger partial charge in [-0.1, -0.05) is 27.2 Å². The van der Waals surface area contributed by atoms with Crippen LogP contribution in [-0.2, 0) is 4.74 Å². The van der Waals surface area contributed by atoms with E-state index in [1.165, 1.54) is 12.8 Å². The van der Waals surface area contributed by atoms with Crippen molar-refractivity contribution in [2.75, 3.05) is 0 Å². The molecule has 0 aliphatic rings. The first-order valence-electron chi connectivity index (χ1n) is 5.25. The molecule has 0 heterocycles. The van der Waals surface area contributed by atoms with Crippen LogP contribution in [0.15, 0.2) is 0 Å². The highest BCUT2D eigenvalue weighted by molar-refractivity contribution is 4.59. The van der Waals surface area contributed by atoms with E-state index in [9.17, 15) is 0 Å². The number of hydrogen-bond acceptors (Lipinski definition) is 1. The topological polar surface area (TPSA) is 9.23 Å². The van der Waals surface area contributed by atoms with E-state index in [1.807, 2.05) is 0 Å². The first-order valence-corrected chi connectivity index (χ1v) is 5.25. The average Bonchev–Trinajstić information content (AvgIpc) is 2.03. The minimum atomic E-state index is 0.420. The third-order valence-electron chi connectivity index (χ3n) is 2.47. The Morgan fingerprint density at radius 1 is 0.917 bits per heavy atom. The Balaban J connectivity index is 3.51. The summed E-state index contributed by atoms with van der Waals surface area (Å²) in [6.07, 6.45) is 4.42. The van der Waals surface area contributed by atoms with Gasteiger partial charge in [0.2, 0.25) is 0 Å². The summed E-state index contributed by atoms with van der Waals surface area (Å²) < 4.78 is 5.77. The van der Waals surface area contributed by atoms with Gasteiger partial charge in [0.1, 0.15) is 0 Å². The lowest BCUT2D eigenvalue weighted by atomic mass is 10.0. The van der Waals surface area contributed by atoms with Crippen LogP contribution >= 0.6 is 0 Å². The largest absolute Gasteiger partial charge is 0.376 e. The third-order valence-corrected chi connectivity index (χ3v) is 2.47. The molecule has 0 saturated carbocycles. The van der Waals surface area contributed by atoms with Crippen LogP contribution in [0, 0.1) is 5.92 Å². The van der Waals surface area contributed by atoms with E-state index in [4.69, 9.17) is 4.74 Å². The molecule has 0 spiro atoms. The monoisotopic (exact) mass is 172 g/mol. The summed E-state index contributed by atoms with van der Waals surface area (Å²) in [4.78, 5) is 0. The highest BCUT2D eigenvalue weighted by Gasteiger charge is 2.09. The van der Waals surface area contributed by atoms with Gasteiger partial charge in [-0.3, -0.25) is 0 Å². The van der Waals surface area contributed by atoms with Gasteiger partial charge in [-0.25, -0.2) is 0 Å². The molecule has 0 aromatic heterocycles. The molecule has 0 aromatic carbocycles. The predicted octanol–water partition coefficient (Wildman–Crippen LogP) is 3.63. The average molecular weight is 172 g/mol. The molecule has 0 radical (unpaired) electrons. The summed E-state index contributed by atoms with van der Waals surface area (Å²) in [5.41, 5.74) is 0. The van der Waals surface area contributed by atoms with Crippen molar-refractivity contribution < 1.29 is 4.74 Å². The van der Waals surface area contributed by atoms with Crippen molar-refractivity contribution in [3.8, 4) is 0 Å². The van der Waals surface area contributed by atoms with Gasteiger partial charge in [-0.15, -0.1) is 0 Å². The van der Waals surface area contributed by atoms with Crippen molar-refractivity contribution in [3.63, 3.8) is 0 Å². The highest BCUT2D eigenvalue weighted by atomic mass is 16.5. The van der Waals surface area contributed by atoms with Crippen LogP contribution in [0.3, 0.4) is 0 Å². The second-order valence-corrected chi connectivity index (χ2v) is 3.91. The SMILES string of the molecule is CCC(C)CC(C)OC(C)CC. The smallest absolute Gasteiger partial charge is 0.0553 e. The Morgan fingerprint density at radius 2 is 1.50 bits per heavy atom. The molecule has 0 N–H and O–H groups in total. The van der Waals surface area contributed by atoms with Crippen LogP contribution in [-0.4, -0.2) is 12.2 Å². The molecule has 0 fully saturated rings. The molecule has 0 aromatic rings. The Kier molecular flexibility index (Phi) is 6.45. The summed E-state index contributed by atoms with van der Waals surface area (Å²) >= 11 is 0. The molecular weight excluding hydrogens is 148 g/mol. The number of hydrogen-bond donors (Lipinski definition) is 0. The highest BCUT2D eigenvalue weighted by Crippen LogP contribution is 2.13. The summed E-state index contributed by atoms with van der Waals surface area (Å²) in [5, 5.41) is 0. The molecule has 3 atom stereocenters. The fourth-order valence-corrected chi connectivity index (χ4v) is 1.28. The number of ether oxygens (including phenoxy) is 1. The van der Waals surface area contributed by atoms with Gasteiger partial charge in [0, 0.05) is 0 Å². The second kappa shape index (κ2) is 6.47. The lowest BCUT2D eigenvalue weighted by Crippen LogP contribution is -2.18. The van der Waals surface area contributed by atoms with E-state index in [1.54, 1.807) is 0 Å². The molecule has 0 bridgehead atoms. The molecule has 3 unspecified atom stereocenters. The minimum Gasteiger partial charge on any atom is -0.376 e. The van der Waals surface area contributed by atoms with Gasteiger partial charge < -0.3 is 4.74 Å². The maximum Gasteiger partial charge on any atom is 0.0553 e. The van der Waals surface area contributed by atoms with Crippen LogP contribution in [0.25, 0.3) is 0 Å². The molecule has 0 rings (SSSR count). The summed E-state index contributed by atoms with van der Waals surface area (Å²) in [6.45, 7) is 11.0. The molecule has 74 valence electrons. The quantitative estimate of drug-likeness (QED) is 0.594. The van der Waals surface area contributed by atoms with Crippen LogP contribution in [0.5, 0.6) is 0 Å². The summed E-state index contributed by atoms with van der Waals surface area (Å²) in [7, 11) is 0. The Morgan fingerprint density at radius 3 is 1.92 bits per heavy atom. The van der Waals surface area contributed by atoms with Crippen LogP contribution in [0.1, 0.15) is 53.9 Å². The van der Waals surface area contributed by atoms with E-state index in [2.05, 4.69) is 34.6 Å². The van der Waals surface area contributed by atoms with Gasteiger partial charge >= 0.3 is 0 Å². The fourth-order valence-electron chi connectivity index (χ4n) is 1.28. The van der Waals surface area contributed by atoms with Gasteiger partial charge in [0.25, 0.3) is 0 Å². The Bertz CT molecular complexity index is 89.2. The maximum atomic E-state index is 5.77. The van der Waals surface area contributed by atoms with E-state index in [0.29, 0.717) is 12.2 Å². The van der Waals surface area contributed by atoms with Gasteiger partial charge in [0.15, 0.2) is 0 Å². The summed E-state index contributed by atoms with van der Waals surface area (Å²) in [5.74, 6) is 0.795.